The molecule has 3 aromatic carbocycles. The zero-order chi connectivity index (χ0) is 23.8. The van der Waals surface area contributed by atoms with Crippen LogP contribution in [0, 0.1) is 18.3 Å². The maximum Gasteiger partial charge on any atom is 0.268 e. The molecular weight excluding hydrogens is 442 g/mol. The van der Waals surface area contributed by atoms with Gasteiger partial charge in [0.1, 0.15) is 24.0 Å². The van der Waals surface area contributed by atoms with Crippen LogP contribution in [0.3, 0.4) is 0 Å². The van der Waals surface area contributed by atoms with Crippen LogP contribution in [0.1, 0.15) is 27.1 Å². The monoisotopic (exact) mass is 465 g/mol. The smallest absolute Gasteiger partial charge is 0.268 e. The quantitative estimate of drug-likeness (QED) is 0.250. The maximum atomic E-state index is 12.6. The number of hydrogen-bond acceptors (Lipinski definition) is 5. The number of benzene rings is 3. The number of amides is 1. The number of hydrogen-bond donors (Lipinski definition) is 1. The molecule has 0 saturated carbocycles. The second-order valence-electron chi connectivity index (χ2n) is 7.76. The second kappa shape index (κ2) is 11.1. The first-order valence-corrected chi connectivity index (χ1v) is 11.6. The third kappa shape index (κ3) is 6.41. The van der Waals surface area contributed by atoms with E-state index in [0.29, 0.717) is 17.5 Å². The second-order valence-corrected chi connectivity index (χ2v) is 8.88. The summed E-state index contributed by atoms with van der Waals surface area (Å²) in [5, 5.41) is 12.7. The van der Waals surface area contributed by atoms with Crippen molar-refractivity contribution in [2.45, 2.75) is 20.0 Å². The molecule has 0 spiro atoms. The van der Waals surface area contributed by atoms with Gasteiger partial charge in [0.2, 0.25) is 0 Å². The number of aryl methyl sites for hydroxylation is 1. The zero-order valence-electron chi connectivity index (χ0n) is 18.7. The van der Waals surface area contributed by atoms with Crippen LogP contribution < -0.4 is 10.1 Å². The molecule has 0 atom stereocenters. The first-order chi connectivity index (χ1) is 16.6. The number of nitrogens with one attached hydrogen (secondary N) is 1. The summed E-state index contributed by atoms with van der Waals surface area (Å²) >= 11 is 1.40. The minimum atomic E-state index is -0.483. The number of nitriles is 1. The van der Waals surface area contributed by atoms with E-state index in [-0.39, 0.29) is 5.57 Å². The van der Waals surface area contributed by atoms with E-state index < -0.39 is 5.91 Å². The van der Waals surface area contributed by atoms with Gasteiger partial charge in [0, 0.05) is 17.5 Å². The maximum absolute atomic E-state index is 12.6. The van der Waals surface area contributed by atoms with Crippen molar-refractivity contribution < 1.29 is 9.53 Å². The normalized spacial score (nSPS) is 11.0. The van der Waals surface area contributed by atoms with Crippen LogP contribution >= 0.6 is 11.3 Å². The lowest BCUT2D eigenvalue weighted by molar-refractivity contribution is -0.112. The average molecular weight is 466 g/mol. The predicted molar refractivity (Wildman–Crippen MR) is 136 cm³/mol. The van der Waals surface area contributed by atoms with E-state index in [9.17, 15) is 10.1 Å². The lowest BCUT2D eigenvalue weighted by Crippen LogP contribution is -2.13. The topological polar surface area (TPSA) is 75.0 Å². The van der Waals surface area contributed by atoms with Crippen LogP contribution in [0.25, 0.3) is 6.08 Å². The van der Waals surface area contributed by atoms with Gasteiger partial charge in [-0.05, 0) is 41.8 Å². The van der Waals surface area contributed by atoms with Gasteiger partial charge in [-0.3, -0.25) is 10.1 Å². The van der Waals surface area contributed by atoms with Crippen LogP contribution in [0.2, 0.25) is 0 Å². The molecule has 0 unspecified atom stereocenters. The highest BCUT2D eigenvalue weighted by Gasteiger charge is 2.12. The van der Waals surface area contributed by atoms with Crippen LogP contribution in [0.4, 0.5) is 5.13 Å². The van der Waals surface area contributed by atoms with E-state index in [1.807, 2.05) is 60.7 Å². The minimum absolute atomic E-state index is 0.00763. The van der Waals surface area contributed by atoms with Gasteiger partial charge in [-0.15, -0.1) is 11.3 Å². The van der Waals surface area contributed by atoms with Gasteiger partial charge < -0.3 is 4.74 Å². The Morgan fingerprint density at radius 1 is 1.03 bits per heavy atom. The number of rotatable bonds is 8. The standard InChI is InChI=1S/C28H23N3O2S/c1-20-7-9-22(10-8-20)16-26-18-30-28(34-26)31-27(32)24(17-29)15-21-11-13-25(14-12-21)33-19-23-5-3-2-4-6-23/h2-15,18H,16,19H2,1H3,(H,30,31,32). The summed E-state index contributed by atoms with van der Waals surface area (Å²) in [5.41, 5.74) is 4.22. The summed E-state index contributed by atoms with van der Waals surface area (Å²) in [5.74, 6) is 0.232. The van der Waals surface area contributed by atoms with Gasteiger partial charge in [0.15, 0.2) is 5.13 Å². The fraction of sp³-hybridized carbons (Fsp3) is 0.107. The molecule has 0 fully saturated rings. The molecule has 1 heterocycles. The number of ether oxygens (including phenoxy) is 1. The van der Waals surface area contributed by atoms with E-state index in [1.54, 1.807) is 12.3 Å². The van der Waals surface area contributed by atoms with E-state index in [4.69, 9.17) is 4.74 Å². The average Bonchev–Trinajstić information content (AvgIpc) is 3.30. The molecule has 0 aliphatic rings. The summed E-state index contributed by atoms with van der Waals surface area (Å²) < 4.78 is 5.78. The number of thiazole rings is 1. The van der Waals surface area contributed by atoms with E-state index in [2.05, 4.69) is 41.5 Å². The molecule has 5 nitrogen and oxygen atoms in total. The molecule has 6 heteroatoms. The fourth-order valence-electron chi connectivity index (χ4n) is 3.24. The highest BCUT2D eigenvalue weighted by molar-refractivity contribution is 7.15. The van der Waals surface area contributed by atoms with Crippen molar-refractivity contribution in [2.75, 3.05) is 5.32 Å². The Balaban J connectivity index is 1.35. The number of anilines is 1. The zero-order valence-corrected chi connectivity index (χ0v) is 19.5. The Kier molecular flexibility index (Phi) is 7.49. The minimum Gasteiger partial charge on any atom is -0.489 e. The molecular formula is C28H23N3O2S. The molecule has 0 bridgehead atoms. The Bertz CT molecular complexity index is 1320. The Labute approximate surface area is 203 Å². The number of carbonyl (C=O) groups excluding carboxylic acids is 1. The molecule has 1 N–H and O–H groups in total. The molecule has 1 aromatic heterocycles. The molecule has 34 heavy (non-hydrogen) atoms. The van der Waals surface area contributed by atoms with Gasteiger partial charge in [-0.1, -0.05) is 72.3 Å². The molecule has 0 saturated heterocycles. The van der Waals surface area contributed by atoms with E-state index >= 15 is 0 Å². The summed E-state index contributed by atoms with van der Waals surface area (Å²) in [6.07, 6.45) is 4.05. The predicted octanol–water partition coefficient (Wildman–Crippen LogP) is 6.17. The number of aromatic nitrogens is 1. The van der Waals surface area contributed by atoms with Gasteiger partial charge >= 0.3 is 0 Å². The van der Waals surface area contributed by atoms with E-state index in [0.717, 1.165) is 22.4 Å². The Hall–Kier alpha value is -4.21. The largest absolute Gasteiger partial charge is 0.489 e. The summed E-state index contributed by atoms with van der Waals surface area (Å²) in [7, 11) is 0. The summed E-state index contributed by atoms with van der Waals surface area (Å²) in [4.78, 5) is 17.9. The van der Waals surface area contributed by atoms with Crippen molar-refractivity contribution in [3.05, 3.63) is 118 Å². The SMILES string of the molecule is Cc1ccc(Cc2cnc(NC(=O)C(C#N)=Cc3ccc(OCc4ccccc4)cc3)s2)cc1. The third-order valence-corrected chi connectivity index (χ3v) is 5.99. The molecule has 0 aliphatic heterocycles. The highest BCUT2D eigenvalue weighted by atomic mass is 32.1. The Morgan fingerprint density at radius 3 is 2.47 bits per heavy atom. The highest BCUT2D eigenvalue weighted by Crippen LogP contribution is 2.22. The number of nitrogens with zero attached hydrogens (tertiary/aromatic N) is 2. The first kappa shape index (κ1) is 23.0. The van der Waals surface area contributed by atoms with Crippen LogP contribution in [-0.4, -0.2) is 10.9 Å². The molecule has 4 rings (SSSR count). The van der Waals surface area contributed by atoms with Crippen LogP contribution in [0.15, 0.2) is 90.6 Å². The van der Waals surface area contributed by atoms with Gasteiger partial charge in [-0.2, -0.15) is 5.26 Å². The Morgan fingerprint density at radius 2 is 1.76 bits per heavy atom. The summed E-state index contributed by atoms with van der Waals surface area (Å²) in [6.45, 7) is 2.53. The van der Waals surface area contributed by atoms with Crippen molar-refractivity contribution in [1.82, 2.24) is 4.98 Å². The van der Waals surface area contributed by atoms with Crippen molar-refractivity contribution in [3.8, 4) is 11.8 Å². The fourth-order valence-corrected chi connectivity index (χ4v) is 4.08. The van der Waals surface area contributed by atoms with Crippen molar-refractivity contribution in [2.24, 2.45) is 0 Å². The van der Waals surface area contributed by atoms with Crippen LogP contribution in [-0.2, 0) is 17.8 Å². The van der Waals surface area contributed by atoms with Crippen molar-refractivity contribution in [1.29, 1.82) is 5.26 Å². The first-order valence-electron chi connectivity index (χ1n) is 10.8. The molecule has 1 amide bonds. The van der Waals surface area contributed by atoms with Gasteiger partial charge in [0.05, 0.1) is 0 Å². The van der Waals surface area contributed by atoms with Crippen molar-refractivity contribution in [3.63, 3.8) is 0 Å². The van der Waals surface area contributed by atoms with Crippen LogP contribution in [0.5, 0.6) is 5.75 Å². The summed E-state index contributed by atoms with van der Waals surface area (Å²) in [6, 6.07) is 27.5. The molecule has 168 valence electrons. The molecule has 0 radical (unpaired) electrons. The van der Waals surface area contributed by atoms with Crippen molar-refractivity contribution >= 4 is 28.5 Å². The molecule has 4 aromatic rings. The lowest BCUT2D eigenvalue weighted by Gasteiger charge is -2.06. The van der Waals surface area contributed by atoms with E-state index in [1.165, 1.54) is 22.5 Å². The molecule has 0 aliphatic carbocycles. The number of carbonyl (C=O) groups is 1. The van der Waals surface area contributed by atoms with Gasteiger partial charge in [-0.25, -0.2) is 4.98 Å². The van der Waals surface area contributed by atoms with Gasteiger partial charge in [0.25, 0.3) is 5.91 Å². The lowest BCUT2D eigenvalue weighted by atomic mass is 10.1. The third-order valence-electron chi connectivity index (χ3n) is 5.08.